The van der Waals surface area contributed by atoms with Crippen molar-refractivity contribution in [3.63, 3.8) is 0 Å². The Labute approximate surface area is 368 Å². The highest BCUT2D eigenvalue weighted by atomic mass is 35.5. The van der Waals surface area contributed by atoms with Gasteiger partial charge in [-0.2, -0.15) is 10.1 Å². The SMILES string of the molecule is Cn1nc(C2CCC(=O)NC2=O)c2cc(F)c(C3CCN(CC4CCN(c5ncc(Cl)c(Nc6ccc7c(c6)c6c(c(=O)n7C)OCC(F)(F)[C@H](C7CC7)N6)n5)C[C@@H]4F)CC3)c(F)c21. The summed E-state index contributed by atoms with van der Waals surface area (Å²) in [6.45, 7) is 1.14. The van der Waals surface area contributed by atoms with Crippen LogP contribution in [0.4, 0.5) is 45.1 Å². The van der Waals surface area contributed by atoms with Gasteiger partial charge in [0.05, 0.1) is 41.6 Å². The first-order valence-corrected chi connectivity index (χ1v) is 22.1. The molecular formula is C44H46ClF5N10O4. The van der Waals surface area contributed by atoms with Crippen LogP contribution in [0.2, 0.25) is 5.02 Å². The van der Waals surface area contributed by atoms with Crippen molar-refractivity contribution in [2.75, 3.05) is 54.9 Å². The molecule has 338 valence electrons. The van der Waals surface area contributed by atoms with Gasteiger partial charge in [-0.25, -0.2) is 26.9 Å². The second kappa shape index (κ2) is 16.2. The van der Waals surface area contributed by atoms with Crippen molar-refractivity contribution in [3.05, 3.63) is 68.7 Å². The number of pyridine rings is 1. The highest BCUT2D eigenvalue weighted by Gasteiger charge is 2.51. The molecule has 0 radical (unpaired) electrons. The van der Waals surface area contributed by atoms with Crippen molar-refractivity contribution in [2.24, 2.45) is 25.9 Å². The number of aryl methyl sites for hydroxylation is 2. The summed E-state index contributed by atoms with van der Waals surface area (Å²) in [5.74, 6) is -6.86. The Morgan fingerprint density at radius 3 is 2.52 bits per heavy atom. The molecule has 1 saturated carbocycles. The molecule has 0 bridgehead atoms. The molecule has 0 spiro atoms. The molecule has 4 aliphatic heterocycles. The second-order valence-electron chi connectivity index (χ2n) is 17.9. The molecule has 5 aromatic rings. The minimum absolute atomic E-state index is 0.0127. The zero-order chi connectivity index (χ0) is 44.8. The topological polar surface area (TPSA) is 152 Å². The van der Waals surface area contributed by atoms with Crippen LogP contribution in [0.5, 0.6) is 5.75 Å². The molecule has 64 heavy (non-hydrogen) atoms. The number of nitrogens with one attached hydrogen (secondary N) is 3. The Morgan fingerprint density at radius 1 is 1.00 bits per heavy atom. The molecule has 4 fully saturated rings. The number of ether oxygens (including phenoxy) is 1. The summed E-state index contributed by atoms with van der Waals surface area (Å²) in [7, 11) is 3.11. The molecule has 1 aliphatic carbocycles. The number of nitrogens with zero attached hydrogens (tertiary/aromatic N) is 7. The lowest BCUT2D eigenvalue weighted by molar-refractivity contribution is -0.134. The van der Waals surface area contributed by atoms with E-state index in [1.165, 1.54) is 21.5 Å². The van der Waals surface area contributed by atoms with Crippen molar-refractivity contribution < 1.29 is 36.3 Å². The molecular weight excluding hydrogens is 863 g/mol. The average molecular weight is 909 g/mol. The van der Waals surface area contributed by atoms with Crippen LogP contribution in [0.1, 0.15) is 68.0 Å². The Bertz CT molecular complexity index is 2780. The van der Waals surface area contributed by atoms with Crippen LogP contribution in [0.15, 0.2) is 35.3 Å². The van der Waals surface area contributed by atoms with Crippen molar-refractivity contribution in [3.8, 4) is 5.75 Å². The molecule has 14 nitrogen and oxygen atoms in total. The number of anilines is 4. The highest BCUT2D eigenvalue weighted by molar-refractivity contribution is 6.33. The summed E-state index contributed by atoms with van der Waals surface area (Å²) in [5.41, 5.74) is 1.04. The molecule has 20 heteroatoms. The van der Waals surface area contributed by atoms with Gasteiger partial charge in [-0.05, 0) is 87.7 Å². The van der Waals surface area contributed by atoms with Crippen LogP contribution in [0, 0.1) is 23.5 Å². The smallest absolute Gasteiger partial charge is 0.301 e. The number of rotatable bonds is 8. The quantitative estimate of drug-likeness (QED) is 0.113. The van der Waals surface area contributed by atoms with E-state index in [2.05, 4.69) is 35.9 Å². The van der Waals surface area contributed by atoms with Gasteiger partial charge < -0.3 is 29.7 Å². The zero-order valence-corrected chi connectivity index (χ0v) is 35.8. The number of likely N-dealkylation sites (tertiary alicyclic amines) is 1. The van der Waals surface area contributed by atoms with Crippen molar-refractivity contribution in [2.45, 2.75) is 74.9 Å². The number of amides is 2. The van der Waals surface area contributed by atoms with E-state index in [-0.39, 0.29) is 87.5 Å². The molecule has 10 rings (SSSR count). The second-order valence-corrected chi connectivity index (χ2v) is 18.3. The summed E-state index contributed by atoms with van der Waals surface area (Å²) >= 11 is 6.56. The van der Waals surface area contributed by atoms with Gasteiger partial charge in [0, 0.05) is 61.5 Å². The molecule has 7 heterocycles. The lowest BCUT2D eigenvalue weighted by Gasteiger charge is -2.39. The van der Waals surface area contributed by atoms with Gasteiger partial charge in [-0.3, -0.25) is 24.4 Å². The molecule has 4 atom stereocenters. The summed E-state index contributed by atoms with van der Waals surface area (Å²) in [6, 6.07) is 5.21. The number of carbonyl (C=O) groups excluding carboxylic acids is 2. The Hall–Kier alpha value is -5.56. The predicted molar refractivity (Wildman–Crippen MR) is 229 cm³/mol. The lowest BCUT2D eigenvalue weighted by atomic mass is 9.86. The molecule has 3 saturated heterocycles. The fourth-order valence-corrected chi connectivity index (χ4v) is 10.2. The number of halogens is 6. The Balaban J connectivity index is 0.791. The summed E-state index contributed by atoms with van der Waals surface area (Å²) in [6.07, 6.45) is 3.31. The zero-order valence-electron chi connectivity index (χ0n) is 35.1. The minimum Gasteiger partial charge on any atom is -0.480 e. The number of carbonyl (C=O) groups is 2. The fraction of sp³-hybridized carbons (Fsp3) is 0.500. The predicted octanol–water partition coefficient (Wildman–Crippen LogP) is 6.67. The normalized spacial score (nSPS) is 24.3. The van der Waals surface area contributed by atoms with E-state index < -0.39 is 59.7 Å². The van der Waals surface area contributed by atoms with E-state index in [0.717, 1.165) is 0 Å². The van der Waals surface area contributed by atoms with Crippen LogP contribution in [-0.4, -0.2) is 98.5 Å². The van der Waals surface area contributed by atoms with Gasteiger partial charge in [0.15, 0.2) is 18.2 Å². The Morgan fingerprint density at radius 2 is 1.78 bits per heavy atom. The maximum absolute atomic E-state index is 16.2. The highest BCUT2D eigenvalue weighted by Crippen LogP contribution is 2.46. The fourth-order valence-electron chi connectivity index (χ4n) is 10.1. The number of aromatic nitrogens is 5. The average Bonchev–Trinajstić information content (AvgIpc) is 4.06. The number of piperidine rings is 3. The molecule has 2 aromatic carbocycles. The first-order valence-electron chi connectivity index (χ1n) is 21.7. The first kappa shape index (κ1) is 42.4. The van der Waals surface area contributed by atoms with Gasteiger partial charge in [0.2, 0.25) is 23.5 Å². The van der Waals surface area contributed by atoms with E-state index in [1.54, 1.807) is 37.2 Å². The number of alkyl halides is 3. The third-order valence-electron chi connectivity index (χ3n) is 13.7. The largest absolute Gasteiger partial charge is 0.480 e. The monoisotopic (exact) mass is 908 g/mol. The number of benzene rings is 2. The lowest BCUT2D eigenvalue weighted by Crippen LogP contribution is -2.47. The van der Waals surface area contributed by atoms with Crippen LogP contribution in [0.25, 0.3) is 21.8 Å². The van der Waals surface area contributed by atoms with E-state index >= 15 is 22.0 Å². The van der Waals surface area contributed by atoms with Crippen LogP contribution in [-0.2, 0) is 23.7 Å². The summed E-state index contributed by atoms with van der Waals surface area (Å²) in [4.78, 5) is 50.5. The van der Waals surface area contributed by atoms with Crippen LogP contribution in [0.3, 0.4) is 0 Å². The number of hydrogen-bond donors (Lipinski definition) is 3. The van der Waals surface area contributed by atoms with Gasteiger partial charge in [-0.1, -0.05) is 11.6 Å². The van der Waals surface area contributed by atoms with E-state index in [4.69, 9.17) is 16.3 Å². The summed E-state index contributed by atoms with van der Waals surface area (Å²) < 4.78 is 86.4. The van der Waals surface area contributed by atoms with Crippen molar-refractivity contribution >= 4 is 68.4 Å². The number of hydrogen-bond acceptors (Lipinski definition) is 11. The Kier molecular flexibility index (Phi) is 10.7. The summed E-state index contributed by atoms with van der Waals surface area (Å²) in [5, 5.41) is 13.8. The number of imide groups is 1. The minimum atomic E-state index is -3.18. The molecule has 5 aliphatic rings. The third kappa shape index (κ3) is 7.56. The standard InChI is InChI=1S/C44H46ClF5N10O4/c1-57-31-7-5-24(15-26(31)36-38(42(57)63)64-20-44(49,50)39(54-36)22-3-4-22)52-40-28(45)17-51-43(55-40)60-14-11-23(30(47)19-60)18-59-12-9-21(10-13-59)33-29(46)16-27-35(56-58(2)37(27)34(33)48)25-6-8-32(61)53-41(25)62/h5,7,15-17,21-23,25,30,39,54H,3-4,6,8-14,18-20H2,1-2H3,(H,51,52,55)(H,53,61,62)/t23?,25?,30-,39-/m0/s1. The van der Waals surface area contributed by atoms with Gasteiger partial charge >= 0.3 is 5.92 Å². The molecule has 3 N–H and O–H groups in total. The molecule has 3 aromatic heterocycles. The van der Waals surface area contributed by atoms with E-state index in [0.29, 0.717) is 74.9 Å². The van der Waals surface area contributed by atoms with Gasteiger partial charge in [0.1, 0.15) is 22.5 Å². The molecule has 2 unspecified atom stereocenters. The maximum atomic E-state index is 16.2. The molecule has 2 amide bonds. The van der Waals surface area contributed by atoms with Crippen molar-refractivity contribution in [1.82, 2.24) is 34.5 Å². The maximum Gasteiger partial charge on any atom is 0.301 e. The van der Waals surface area contributed by atoms with E-state index in [9.17, 15) is 14.4 Å². The van der Waals surface area contributed by atoms with E-state index in [1.807, 2.05) is 0 Å². The van der Waals surface area contributed by atoms with Crippen LogP contribution >= 0.6 is 11.6 Å². The van der Waals surface area contributed by atoms with Gasteiger partial charge in [-0.15, -0.1) is 0 Å². The van der Waals surface area contributed by atoms with Crippen molar-refractivity contribution in [1.29, 1.82) is 0 Å². The van der Waals surface area contributed by atoms with Crippen LogP contribution < -0.4 is 31.1 Å². The third-order valence-corrected chi connectivity index (χ3v) is 14.0. The van der Waals surface area contributed by atoms with Gasteiger partial charge in [0.25, 0.3) is 5.56 Å². The first-order chi connectivity index (χ1) is 30.6. The number of fused-ring (bicyclic) bond motifs is 4.